The maximum atomic E-state index is 12.7. The number of nitrogen functional groups attached to an aromatic ring is 1. The molecule has 0 heterocycles. The first-order valence-electron chi connectivity index (χ1n) is 5.57. The van der Waals surface area contributed by atoms with Gasteiger partial charge in [-0.3, -0.25) is 0 Å². The highest BCUT2D eigenvalue weighted by atomic mass is 19.4. The summed E-state index contributed by atoms with van der Waals surface area (Å²) in [7, 11) is 0. The van der Waals surface area contributed by atoms with Crippen LogP contribution in [0.5, 0.6) is 11.5 Å². The van der Waals surface area contributed by atoms with E-state index in [4.69, 9.17) is 10.5 Å². The van der Waals surface area contributed by atoms with E-state index in [-0.39, 0.29) is 5.75 Å². The second kappa shape index (κ2) is 4.84. The number of hydrogen-bond donors (Lipinski definition) is 1. The number of benzene rings is 2. The minimum Gasteiger partial charge on any atom is -0.457 e. The van der Waals surface area contributed by atoms with Crippen LogP contribution < -0.4 is 10.5 Å². The Morgan fingerprint density at radius 1 is 0.947 bits per heavy atom. The van der Waals surface area contributed by atoms with Crippen LogP contribution in [-0.2, 0) is 6.18 Å². The molecule has 19 heavy (non-hydrogen) atoms. The molecule has 0 atom stereocenters. The molecule has 0 saturated heterocycles. The van der Waals surface area contributed by atoms with Gasteiger partial charge >= 0.3 is 6.18 Å². The average Bonchev–Trinajstić information content (AvgIpc) is 2.30. The molecule has 2 nitrogen and oxygen atoms in total. The summed E-state index contributed by atoms with van der Waals surface area (Å²) in [4.78, 5) is 0. The molecule has 2 N–H and O–H groups in total. The molecular formula is C14H12F3NO. The summed E-state index contributed by atoms with van der Waals surface area (Å²) in [5.74, 6) is 0.588. The smallest absolute Gasteiger partial charge is 0.416 e. The van der Waals surface area contributed by atoms with E-state index in [1.807, 2.05) is 0 Å². The quantitative estimate of drug-likeness (QED) is 0.819. The predicted octanol–water partition coefficient (Wildman–Crippen LogP) is 4.39. The zero-order chi connectivity index (χ0) is 14.0. The number of alkyl halides is 3. The van der Waals surface area contributed by atoms with Crippen LogP contribution >= 0.6 is 0 Å². The molecule has 100 valence electrons. The third kappa shape index (κ3) is 3.40. The highest BCUT2D eigenvalue weighted by Crippen LogP contribution is 2.34. The van der Waals surface area contributed by atoms with E-state index < -0.39 is 11.7 Å². The number of nitrogens with two attached hydrogens (primary N) is 1. The molecule has 0 fully saturated rings. The van der Waals surface area contributed by atoms with Crippen LogP contribution in [0.2, 0.25) is 0 Å². The van der Waals surface area contributed by atoms with Gasteiger partial charge in [-0.25, -0.2) is 0 Å². The first kappa shape index (κ1) is 13.3. The Balaban J connectivity index is 2.30. The molecule has 2 rings (SSSR count). The summed E-state index contributed by atoms with van der Waals surface area (Å²) in [6.45, 7) is 1.59. The number of ether oxygens (including phenoxy) is 1. The Hall–Kier alpha value is -2.17. The predicted molar refractivity (Wildman–Crippen MR) is 67.1 cm³/mol. The van der Waals surface area contributed by atoms with Gasteiger partial charge in [0.25, 0.3) is 0 Å². The van der Waals surface area contributed by atoms with Crippen LogP contribution in [0.4, 0.5) is 18.9 Å². The lowest BCUT2D eigenvalue weighted by molar-refractivity contribution is -0.137. The number of halogens is 3. The molecule has 2 aromatic carbocycles. The molecule has 0 amide bonds. The van der Waals surface area contributed by atoms with Gasteiger partial charge in [0.05, 0.1) is 5.56 Å². The van der Waals surface area contributed by atoms with Crippen LogP contribution in [0.25, 0.3) is 0 Å². The number of anilines is 1. The number of rotatable bonds is 2. The summed E-state index contributed by atoms with van der Waals surface area (Å²) in [5, 5.41) is 0. The van der Waals surface area contributed by atoms with Gasteiger partial charge in [-0.1, -0.05) is 0 Å². The monoisotopic (exact) mass is 267 g/mol. The average molecular weight is 267 g/mol. The lowest BCUT2D eigenvalue weighted by Crippen LogP contribution is -2.05. The van der Waals surface area contributed by atoms with Gasteiger partial charge < -0.3 is 10.5 Å². The molecule has 0 radical (unpaired) electrons. The van der Waals surface area contributed by atoms with E-state index in [2.05, 4.69) is 0 Å². The minimum atomic E-state index is -4.38. The van der Waals surface area contributed by atoms with Crippen LogP contribution in [0, 0.1) is 6.92 Å². The maximum absolute atomic E-state index is 12.7. The van der Waals surface area contributed by atoms with Gasteiger partial charge in [-0.2, -0.15) is 13.2 Å². The van der Waals surface area contributed by atoms with Crippen molar-refractivity contribution in [1.82, 2.24) is 0 Å². The number of hydrogen-bond acceptors (Lipinski definition) is 2. The molecule has 2 aromatic rings. The van der Waals surface area contributed by atoms with Crippen molar-refractivity contribution < 1.29 is 17.9 Å². The van der Waals surface area contributed by atoms with E-state index in [0.717, 1.165) is 12.1 Å². The van der Waals surface area contributed by atoms with Crippen molar-refractivity contribution in [3.8, 4) is 11.5 Å². The topological polar surface area (TPSA) is 35.2 Å². The van der Waals surface area contributed by atoms with E-state index in [1.165, 1.54) is 0 Å². The van der Waals surface area contributed by atoms with E-state index in [0.29, 0.717) is 17.0 Å². The molecule has 0 aliphatic heterocycles. The summed E-state index contributed by atoms with van der Waals surface area (Å²) in [6, 6.07) is 10.0. The van der Waals surface area contributed by atoms with Gasteiger partial charge in [0.2, 0.25) is 0 Å². The Labute approximate surface area is 108 Å². The second-order valence-corrected chi connectivity index (χ2v) is 4.20. The van der Waals surface area contributed by atoms with Crippen molar-refractivity contribution in [1.29, 1.82) is 0 Å². The van der Waals surface area contributed by atoms with Gasteiger partial charge in [-0.15, -0.1) is 0 Å². The SMILES string of the molecule is Cc1cc(Oc2ccc(N)cc2)cc(C(F)(F)F)c1. The van der Waals surface area contributed by atoms with E-state index in [9.17, 15) is 13.2 Å². The van der Waals surface area contributed by atoms with Crippen molar-refractivity contribution in [2.45, 2.75) is 13.1 Å². The first-order chi connectivity index (χ1) is 8.84. The van der Waals surface area contributed by atoms with Gasteiger partial charge in [0.1, 0.15) is 11.5 Å². The summed E-state index contributed by atoms with van der Waals surface area (Å²) in [6.07, 6.45) is -4.38. The molecule has 0 aliphatic rings. The van der Waals surface area contributed by atoms with Gasteiger partial charge in [-0.05, 0) is 55.0 Å². The standard InChI is InChI=1S/C14H12F3NO/c1-9-6-10(14(15,16)17)8-13(7-9)19-12-4-2-11(18)3-5-12/h2-8H,18H2,1H3. The summed E-state index contributed by atoms with van der Waals surface area (Å²) in [5.41, 5.74) is 5.85. The molecule has 0 saturated carbocycles. The zero-order valence-electron chi connectivity index (χ0n) is 10.2. The van der Waals surface area contributed by atoms with Crippen LogP contribution in [0.15, 0.2) is 42.5 Å². The van der Waals surface area contributed by atoms with Crippen molar-refractivity contribution in [2.75, 3.05) is 5.73 Å². The first-order valence-corrected chi connectivity index (χ1v) is 5.57. The molecule has 0 aromatic heterocycles. The molecule has 0 bridgehead atoms. The third-order valence-corrected chi connectivity index (χ3v) is 2.49. The molecule has 0 unspecified atom stereocenters. The van der Waals surface area contributed by atoms with Crippen LogP contribution in [0.1, 0.15) is 11.1 Å². The second-order valence-electron chi connectivity index (χ2n) is 4.20. The van der Waals surface area contributed by atoms with Crippen molar-refractivity contribution in [3.05, 3.63) is 53.6 Å². The fourth-order valence-electron chi connectivity index (χ4n) is 1.64. The Bertz CT molecular complexity index is 576. The largest absolute Gasteiger partial charge is 0.457 e. The zero-order valence-corrected chi connectivity index (χ0v) is 10.2. The number of aryl methyl sites for hydroxylation is 1. The van der Waals surface area contributed by atoms with Crippen LogP contribution in [-0.4, -0.2) is 0 Å². The van der Waals surface area contributed by atoms with Gasteiger partial charge in [0, 0.05) is 5.69 Å². The van der Waals surface area contributed by atoms with Crippen LogP contribution in [0.3, 0.4) is 0 Å². The maximum Gasteiger partial charge on any atom is 0.416 e. The van der Waals surface area contributed by atoms with Crippen molar-refractivity contribution in [3.63, 3.8) is 0 Å². The fraction of sp³-hybridized carbons (Fsp3) is 0.143. The molecule has 0 spiro atoms. The lowest BCUT2D eigenvalue weighted by atomic mass is 10.1. The molecular weight excluding hydrogens is 255 g/mol. The Kier molecular flexibility index (Phi) is 3.38. The van der Waals surface area contributed by atoms with Crippen molar-refractivity contribution in [2.24, 2.45) is 0 Å². The van der Waals surface area contributed by atoms with E-state index in [1.54, 1.807) is 37.3 Å². The fourth-order valence-corrected chi connectivity index (χ4v) is 1.64. The third-order valence-electron chi connectivity index (χ3n) is 2.49. The van der Waals surface area contributed by atoms with E-state index >= 15 is 0 Å². The van der Waals surface area contributed by atoms with Crippen molar-refractivity contribution >= 4 is 5.69 Å². The summed E-state index contributed by atoms with van der Waals surface area (Å²) >= 11 is 0. The normalized spacial score (nSPS) is 11.4. The Morgan fingerprint density at radius 2 is 1.58 bits per heavy atom. The summed E-state index contributed by atoms with van der Waals surface area (Å²) < 4.78 is 43.4. The molecule has 0 aliphatic carbocycles. The lowest BCUT2D eigenvalue weighted by Gasteiger charge is -2.11. The Morgan fingerprint density at radius 3 is 2.16 bits per heavy atom. The molecule has 5 heteroatoms. The highest BCUT2D eigenvalue weighted by Gasteiger charge is 2.31. The highest BCUT2D eigenvalue weighted by molar-refractivity contribution is 5.44. The van der Waals surface area contributed by atoms with Gasteiger partial charge in [0.15, 0.2) is 0 Å². The minimum absolute atomic E-state index is 0.150.